The van der Waals surface area contributed by atoms with Crippen LogP contribution in [0.2, 0.25) is 0 Å². The van der Waals surface area contributed by atoms with E-state index in [1.54, 1.807) is 0 Å². The Bertz CT molecular complexity index is 459. The third kappa shape index (κ3) is 3.07. The minimum Gasteiger partial charge on any atom is -0.491 e. The van der Waals surface area contributed by atoms with Gasteiger partial charge in [-0.1, -0.05) is 19.9 Å². The second-order valence-corrected chi connectivity index (χ2v) is 4.96. The fourth-order valence-electron chi connectivity index (χ4n) is 2.12. The van der Waals surface area contributed by atoms with Crippen LogP contribution in [0.1, 0.15) is 45.2 Å². The van der Waals surface area contributed by atoms with Crippen molar-refractivity contribution in [2.24, 2.45) is 0 Å². The molecule has 0 radical (unpaired) electrons. The van der Waals surface area contributed by atoms with Gasteiger partial charge in [-0.2, -0.15) is 0 Å². The lowest BCUT2D eigenvalue weighted by molar-refractivity contribution is -0.117. The lowest BCUT2D eigenvalue weighted by atomic mass is 10.1. The zero-order chi connectivity index (χ0) is 13.8. The maximum Gasteiger partial charge on any atom is 0.246 e. The summed E-state index contributed by atoms with van der Waals surface area (Å²) in [5, 5.41) is 6.16. The van der Waals surface area contributed by atoms with E-state index < -0.39 is 0 Å². The van der Waals surface area contributed by atoms with Crippen LogP contribution in [-0.2, 0) is 4.79 Å². The molecule has 0 saturated heterocycles. The second-order valence-electron chi connectivity index (χ2n) is 4.96. The van der Waals surface area contributed by atoms with E-state index in [1.807, 2.05) is 25.1 Å². The molecule has 1 amide bonds. The standard InChI is InChI=1S/C15H22N2O2/c1-4-8-16-14-12-7-6-11(19-10(3)5-2)9-13(12)17-15(14)18/h6-7,9-10,14,16H,4-5,8H2,1-3H3,(H,17,18). The van der Waals surface area contributed by atoms with E-state index in [1.165, 1.54) is 0 Å². The molecule has 1 aromatic carbocycles. The van der Waals surface area contributed by atoms with Crippen molar-refractivity contribution < 1.29 is 9.53 Å². The van der Waals surface area contributed by atoms with Crippen LogP contribution in [0.15, 0.2) is 18.2 Å². The summed E-state index contributed by atoms with van der Waals surface area (Å²) in [6, 6.07) is 5.59. The molecule has 4 nitrogen and oxygen atoms in total. The molecule has 0 aromatic heterocycles. The minimum absolute atomic E-state index is 0.0177. The van der Waals surface area contributed by atoms with Crippen LogP contribution in [0.25, 0.3) is 0 Å². The van der Waals surface area contributed by atoms with Crippen LogP contribution in [-0.4, -0.2) is 18.6 Å². The SMILES string of the molecule is CCCNC1C(=O)Nc2cc(OC(C)CC)ccc21. The third-order valence-electron chi connectivity index (χ3n) is 3.37. The maximum absolute atomic E-state index is 11.9. The van der Waals surface area contributed by atoms with Gasteiger partial charge in [0.25, 0.3) is 0 Å². The number of anilines is 1. The van der Waals surface area contributed by atoms with E-state index in [9.17, 15) is 4.79 Å². The minimum atomic E-state index is -0.229. The third-order valence-corrected chi connectivity index (χ3v) is 3.37. The quantitative estimate of drug-likeness (QED) is 0.829. The summed E-state index contributed by atoms with van der Waals surface area (Å²) in [6.45, 7) is 7.05. The number of ether oxygens (including phenoxy) is 1. The topological polar surface area (TPSA) is 50.4 Å². The molecule has 2 rings (SSSR count). The highest BCUT2D eigenvalue weighted by Crippen LogP contribution is 2.34. The number of hydrogen-bond donors (Lipinski definition) is 2. The van der Waals surface area contributed by atoms with Crippen LogP contribution < -0.4 is 15.4 Å². The van der Waals surface area contributed by atoms with E-state index in [0.717, 1.165) is 36.4 Å². The molecule has 4 heteroatoms. The van der Waals surface area contributed by atoms with Crippen molar-refractivity contribution in [2.75, 3.05) is 11.9 Å². The van der Waals surface area contributed by atoms with Gasteiger partial charge in [0.1, 0.15) is 11.8 Å². The molecule has 0 bridgehead atoms. The summed E-state index contributed by atoms with van der Waals surface area (Å²) >= 11 is 0. The number of hydrogen-bond acceptors (Lipinski definition) is 3. The Morgan fingerprint density at radius 1 is 1.42 bits per heavy atom. The summed E-state index contributed by atoms with van der Waals surface area (Å²) in [5.41, 5.74) is 1.87. The van der Waals surface area contributed by atoms with Crippen LogP contribution in [0.3, 0.4) is 0 Å². The molecular weight excluding hydrogens is 240 g/mol. The normalized spacial score (nSPS) is 18.9. The predicted molar refractivity (Wildman–Crippen MR) is 76.5 cm³/mol. The van der Waals surface area contributed by atoms with E-state index in [0.29, 0.717) is 0 Å². The molecule has 19 heavy (non-hydrogen) atoms. The van der Waals surface area contributed by atoms with Gasteiger partial charge in [0.15, 0.2) is 0 Å². The highest BCUT2D eigenvalue weighted by atomic mass is 16.5. The summed E-state index contributed by atoms with van der Waals surface area (Å²) < 4.78 is 5.77. The van der Waals surface area contributed by atoms with Crippen molar-refractivity contribution in [3.8, 4) is 5.75 Å². The smallest absolute Gasteiger partial charge is 0.246 e. The Kier molecular flexibility index (Phi) is 4.43. The molecule has 1 aliphatic heterocycles. The Balaban J connectivity index is 2.14. The lowest BCUT2D eigenvalue weighted by Gasteiger charge is -2.14. The van der Waals surface area contributed by atoms with Gasteiger partial charge in [-0.3, -0.25) is 4.79 Å². The second kappa shape index (κ2) is 6.06. The molecule has 2 unspecified atom stereocenters. The molecule has 104 valence electrons. The molecule has 0 aliphatic carbocycles. The van der Waals surface area contributed by atoms with Crippen LogP contribution in [0.5, 0.6) is 5.75 Å². The zero-order valence-corrected chi connectivity index (χ0v) is 11.8. The Morgan fingerprint density at radius 3 is 2.89 bits per heavy atom. The van der Waals surface area contributed by atoms with Crippen LogP contribution in [0.4, 0.5) is 5.69 Å². The van der Waals surface area contributed by atoms with Gasteiger partial charge < -0.3 is 15.4 Å². The van der Waals surface area contributed by atoms with Gasteiger partial charge in [0.05, 0.1) is 6.10 Å². The van der Waals surface area contributed by atoms with E-state index in [4.69, 9.17) is 4.74 Å². The van der Waals surface area contributed by atoms with Crippen molar-refractivity contribution in [1.29, 1.82) is 0 Å². The molecule has 1 heterocycles. The summed E-state index contributed by atoms with van der Waals surface area (Å²) in [6.07, 6.45) is 2.16. The number of benzene rings is 1. The van der Waals surface area contributed by atoms with E-state index in [2.05, 4.69) is 24.5 Å². The van der Waals surface area contributed by atoms with Gasteiger partial charge in [-0.25, -0.2) is 0 Å². The average Bonchev–Trinajstić information content (AvgIpc) is 2.71. The van der Waals surface area contributed by atoms with Gasteiger partial charge in [0.2, 0.25) is 5.91 Å². The average molecular weight is 262 g/mol. The zero-order valence-electron chi connectivity index (χ0n) is 11.8. The largest absolute Gasteiger partial charge is 0.491 e. The highest BCUT2D eigenvalue weighted by molar-refractivity contribution is 6.02. The van der Waals surface area contributed by atoms with E-state index in [-0.39, 0.29) is 18.1 Å². The first-order valence-electron chi connectivity index (χ1n) is 7.00. The monoisotopic (exact) mass is 262 g/mol. The molecule has 1 aliphatic rings. The summed E-state index contributed by atoms with van der Waals surface area (Å²) in [5.74, 6) is 0.827. The van der Waals surface area contributed by atoms with Crippen molar-refractivity contribution in [3.63, 3.8) is 0 Å². The highest BCUT2D eigenvalue weighted by Gasteiger charge is 2.30. The Hall–Kier alpha value is -1.55. The first-order valence-corrected chi connectivity index (χ1v) is 7.00. The molecule has 1 aromatic rings. The maximum atomic E-state index is 11.9. The fraction of sp³-hybridized carbons (Fsp3) is 0.533. The van der Waals surface area contributed by atoms with Gasteiger partial charge in [-0.05, 0) is 32.4 Å². The number of carbonyl (C=O) groups excluding carboxylic acids is 1. The Labute approximate surface area is 114 Å². The fourth-order valence-corrected chi connectivity index (χ4v) is 2.12. The number of nitrogens with one attached hydrogen (secondary N) is 2. The van der Waals surface area contributed by atoms with E-state index >= 15 is 0 Å². The molecular formula is C15H22N2O2. The van der Waals surface area contributed by atoms with Crippen LogP contribution in [0, 0.1) is 0 Å². The first-order chi connectivity index (χ1) is 9.15. The van der Waals surface area contributed by atoms with Crippen molar-refractivity contribution in [1.82, 2.24) is 5.32 Å². The number of amides is 1. The summed E-state index contributed by atoms with van der Waals surface area (Å²) in [7, 11) is 0. The van der Waals surface area contributed by atoms with Gasteiger partial charge in [0, 0.05) is 17.3 Å². The molecule has 0 spiro atoms. The van der Waals surface area contributed by atoms with Crippen molar-refractivity contribution in [3.05, 3.63) is 23.8 Å². The molecule has 0 saturated carbocycles. The van der Waals surface area contributed by atoms with Crippen LogP contribution >= 0.6 is 0 Å². The Morgan fingerprint density at radius 2 is 2.21 bits per heavy atom. The van der Waals surface area contributed by atoms with Crippen molar-refractivity contribution in [2.45, 2.75) is 45.8 Å². The summed E-state index contributed by atoms with van der Waals surface area (Å²) in [4.78, 5) is 11.9. The first kappa shape index (κ1) is 13.9. The molecule has 0 fully saturated rings. The van der Waals surface area contributed by atoms with Crippen molar-refractivity contribution >= 4 is 11.6 Å². The van der Waals surface area contributed by atoms with Gasteiger partial charge >= 0.3 is 0 Å². The molecule has 2 atom stereocenters. The van der Waals surface area contributed by atoms with Gasteiger partial charge in [-0.15, -0.1) is 0 Å². The predicted octanol–water partition coefficient (Wildman–Crippen LogP) is 2.86. The number of fused-ring (bicyclic) bond motifs is 1. The lowest BCUT2D eigenvalue weighted by Crippen LogP contribution is -2.27. The molecule has 2 N–H and O–H groups in total. The number of rotatable bonds is 6. The number of carbonyl (C=O) groups is 1.